The van der Waals surface area contributed by atoms with E-state index in [1.807, 2.05) is 36.4 Å². The van der Waals surface area contributed by atoms with E-state index in [4.69, 9.17) is 0 Å². The minimum Gasteiger partial charge on any atom is -0.393 e. The predicted octanol–water partition coefficient (Wildman–Crippen LogP) is 7.04. The quantitative estimate of drug-likeness (QED) is 0.158. The highest BCUT2D eigenvalue weighted by Crippen LogP contribution is 2.78. The normalized spacial score (nSPS) is 40.2. The first kappa shape index (κ1) is 28.5. The fraction of sp³-hybridized carbons (Fsp3) is 0.486. The molecule has 2 aromatic carbocycles. The lowest BCUT2D eigenvalue weighted by Gasteiger charge is -2.71. The summed E-state index contributed by atoms with van der Waals surface area (Å²) in [6.45, 7) is 4.72. The highest BCUT2D eigenvalue weighted by atomic mass is 32.2. The number of aliphatic hydroxyl groups is 2. The Labute approximate surface area is 263 Å². The van der Waals surface area contributed by atoms with Crippen LogP contribution in [0.3, 0.4) is 0 Å². The smallest absolute Gasteiger partial charge is 0.190 e. The lowest BCUT2D eigenvalue weighted by Crippen LogP contribution is -2.67. The SMILES string of the molecule is C[C@]12CC[C@H]3[C@]4(C=C[C@@]5(C=C4C(=O)c4ccccc4-c4ccccc4)CC(O)CC[C@]35C)[C@@H]1CC[C@@]2(O)CSc1ncn[nH]1. The Morgan fingerprint density at radius 2 is 1.68 bits per heavy atom. The highest BCUT2D eigenvalue weighted by Gasteiger charge is 2.74. The number of carbonyl (C=O) groups is 1. The van der Waals surface area contributed by atoms with Crippen LogP contribution >= 0.6 is 11.8 Å². The molecule has 6 aliphatic rings. The van der Waals surface area contributed by atoms with Crippen LogP contribution < -0.4 is 0 Å². The Morgan fingerprint density at radius 1 is 0.955 bits per heavy atom. The van der Waals surface area contributed by atoms with Crippen molar-refractivity contribution >= 4 is 17.5 Å². The Morgan fingerprint density at radius 3 is 2.48 bits per heavy atom. The molecule has 1 unspecified atom stereocenters. The number of hydrogen-bond donors (Lipinski definition) is 3. The number of ketones is 1. The summed E-state index contributed by atoms with van der Waals surface area (Å²) in [6.07, 6.45) is 14.0. The molecule has 3 fully saturated rings. The number of aromatic amines is 1. The number of H-pyrrole nitrogens is 1. The molecule has 228 valence electrons. The maximum absolute atomic E-state index is 15.2. The summed E-state index contributed by atoms with van der Waals surface area (Å²) in [5, 5.41) is 31.1. The molecule has 9 rings (SSSR count). The summed E-state index contributed by atoms with van der Waals surface area (Å²) in [7, 11) is 0. The second-order valence-electron chi connectivity index (χ2n) is 14.6. The molecule has 1 aromatic heterocycles. The number of benzene rings is 2. The zero-order valence-corrected chi connectivity index (χ0v) is 26.3. The molecule has 44 heavy (non-hydrogen) atoms. The van der Waals surface area contributed by atoms with Gasteiger partial charge in [-0.3, -0.25) is 9.89 Å². The molecule has 0 saturated heterocycles. The predicted molar refractivity (Wildman–Crippen MR) is 172 cm³/mol. The second-order valence-corrected chi connectivity index (χ2v) is 15.6. The Bertz CT molecular complexity index is 1670. The standard InChI is InChI=1S/C37H41N3O3S/c1-33-15-12-25(41)20-35(33)18-19-37(28(21-35)31(42)27-11-7-6-10-26(27)24-8-4-3-5-9-24)29(33)13-16-34(2)30(37)14-17-36(34,43)22-44-32-38-23-39-40-32/h3-11,18-19,21,23,25,29-30,41,43H,12-17,20,22H2,1-2H3,(H,38,39,40)/t25?,29-,30-,33-,34+,35+,36-,37-/m1/s1. The lowest BCUT2D eigenvalue weighted by atomic mass is 9.32. The van der Waals surface area contributed by atoms with Gasteiger partial charge in [0.15, 0.2) is 10.9 Å². The van der Waals surface area contributed by atoms with Crippen LogP contribution in [0.5, 0.6) is 0 Å². The van der Waals surface area contributed by atoms with Crippen molar-refractivity contribution in [2.75, 3.05) is 5.75 Å². The largest absolute Gasteiger partial charge is 0.393 e. The lowest BCUT2D eigenvalue weighted by molar-refractivity contribution is -0.166. The van der Waals surface area contributed by atoms with E-state index >= 15 is 4.79 Å². The number of hydrogen-bond acceptors (Lipinski definition) is 6. The van der Waals surface area contributed by atoms with Gasteiger partial charge < -0.3 is 10.2 Å². The molecule has 2 bridgehead atoms. The molecule has 3 N–H and O–H groups in total. The molecule has 6 nitrogen and oxygen atoms in total. The monoisotopic (exact) mass is 607 g/mol. The van der Waals surface area contributed by atoms with Gasteiger partial charge in [0.05, 0.1) is 11.7 Å². The highest BCUT2D eigenvalue weighted by molar-refractivity contribution is 7.99. The van der Waals surface area contributed by atoms with Crippen LogP contribution in [0.4, 0.5) is 0 Å². The third kappa shape index (κ3) is 3.66. The van der Waals surface area contributed by atoms with Gasteiger partial charge in [-0.25, -0.2) is 4.98 Å². The Balaban J connectivity index is 1.28. The van der Waals surface area contributed by atoms with E-state index in [0.717, 1.165) is 59.5 Å². The van der Waals surface area contributed by atoms with Crippen molar-refractivity contribution < 1.29 is 15.0 Å². The zero-order chi connectivity index (χ0) is 30.4. The first-order valence-electron chi connectivity index (χ1n) is 16.2. The van der Waals surface area contributed by atoms with E-state index in [1.165, 1.54) is 18.1 Å². The molecule has 3 aromatic rings. The van der Waals surface area contributed by atoms with E-state index in [2.05, 4.69) is 65.5 Å². The first-order chi connectivity index (χ1) is 21.2. The fourth-order valence-electron chi connectivity index (χ4n) is 10.7. The molecule has 6 aliphatic carbocycles. The van der Waals surface area contributed by atoms with Crippen LogP contribution in [0.25, 0.3) is 11.1 Å². The fourth-order valence-corrected chi connectivity index (χ4v) is 11.8. The van der Waals surface area contributed by atoms with Crippen LogP contribution in [0.2, 0.25) is 0 Å². The Kier molecular flexibility index (Phi) is 6.31. The summed E-state index contributed by atoms with van der Waals surface area (Å²) in [5.41, 5.74) is 1.45. The molecule has 7 heteroatoms. The van der Waals surface area contributed by atoms with E-state index in [9.17, 15) is 10.2 Å². The topological polar surface area (TPSA) is 99.1 Å². The third-order valence-corrected chi connectivity index (χ3v) is 14.1. The van der Waals surface area contributed by atoms with E-state index in [-0.39, 0.29) is 40.0 Å². The van der Waals surface area contributed by atoms with Gasteiger partial charge in [0.2, 0.25) is 0 Å². The van der Waals surface area contributed by atoms with Crippen molar-refractivity contribution in [3.63, 3.8) is 0 Å². The van der Waals surface area contributed by atoms with Gasteiger partial charge in [-0.2, -0.15) is 5.10 Å². The van der Waals surface area contributed by atoms with Crippen molar-refractivity contribution in [2.24, 2.45) is 33.5 Å². The number of nitrogens with one attached hydrogen (secondary N) is 1. The summed E-state index contributed by atoms with van der Waals surface area (Å²) >= 11 is 1.54. The average molecular weight is 608 g/mol. The molecule has 2 spiro atoms. The number of fused-ring (bicyclic) bond motifs is 1. The number of thioether (sulfide) groups is 1. The minimum atomic E-state index is -0.894. The summed E-state index contributed by atoms with van der Waals surface area (Å²) in [6, 6.07) is 18.2. The Hall–Kier alpha value is -3.00. The van der Waals surface area contributed by atoms with Gasteiger partial charge in [0, 0.05) is 33.1 Å². The maximum Gasteiger partial charge on any atom is 0.190 e. The van der Waals surface area contributed by atoms with Crippen LogP contribution in [0, 0.1) is 33.5 Å². The number of aliphatic hydroxyl groups excluding tert-OH is 1. The van der Waals surface area contributed by atoms with E-state index in [0.29, 0.717) is 18.6 Å². The summed E-state index contributed by atoms with van der Waals surface area (Å²) in [4.78, 5) is 19.5. The van der Waals surface area contributed by atoms with Crippen LogP contribution in [0.15, 0.2) is 89.9 Å². The minimum absolute atomic E-state index is 0.0552. The molecule has 8 atom stereocenters. The molecule has 0 radical (unpaired) electrons. The summed E-state index contributed by atoms with van der Waals surface area (Å²) in [5.74, 6) is 1.02. The number of rotatable bonds is 6. The second kappa shape index (κ2) is 9.75. The number of nitrogens with zero attached hydrogens (tertiary/aromatic N) is 2. The molecule has 3 saturated carbocycles. The molecular formula is C37H41N3O3S. The number of allylic oxidation sites excluding steroid dienone is 4. The van der Waals surface area contributed by atoms with Gasteiger partial charge in [-0.05, 0) is 73.3 Å². The third-order valence-electron chi connectivity index (χ3n) is 13.1. The molecule has 1 heterocycles. The summed E-state index contributed by atoms with van der Waals surface area (Å²) < 4.78 is 0. The van der Waals surface area contributed by atoms with E-state index < -0.39 is 11.0 Å². The van der Waals surface area contributed by atoms with Gasteiger partial charge in [-0.1, -0.05) is 98.4 Å². The van der Waals surface area contributed by atoms with Crippen molar-refractivity contribution in [3.8, 4) is 11.1 Å². The van der Waals surface area contributed by atoms with Crippen LogP contribution in [-0.4, -0.2) is 48.6 Å². The van der Waals surface area contributed by atoms with Gasteiger partial charge in [0.25, 0.3) is 0 Å². The van der Waals surface area contributed by atoms with Crippen molar-refractivity contribution in [2.45, 2.75) is 75.7 Å². The zero-order valence-electron chi connectivity index (χ0n) is 25.5. The van der Waals surface area contributed by atoms with Gasteiger partial charge in [-0.15, -0.1) is 0 Å². The molecular weight excluding hydrogens is 566 g/mol. The van der Waals surface area contributed by atoms with Crippen molar-refractivity contribution in [3.05, 3.63) is 90.3 Å². The van der Waals surface area contributed by atoms with Crippen molar-refractivity contribution in [1.82, 2.24) is 15.2 Å². The van der Waals surface area contributed by atoms with Crippen molar-refractivity contribution in [1.29, 1.82) is 0 Å². The molecule has 0 aliphatic heterocycles. The maximum atomic E-state index is 15.2. The van der Waals surface area contributed by atoms with Gasteiger partial charge in [0.1, 0.15) is 6.33 Å². The van der Waals surface area contributed by atoms with Crippen LogP contribution in [0.1, 0.15) is 69.2 Å². The number of aromatic nitrogens is 3. The first-order valence-corrected chi connectivity index (χ1v) is 17.2. The van der Waals surface area contributed by atoms with Crippen LogP contribution in [-0.2, 0) is 0 Å². The van der Waals surface area contributed by atoms with E-state index in [1.54, 1.807) is 0 Å². The number of carbonyl (C=O) groups excluding carboxylic acids is 1. The molecule has 0 amide bonds. The number of Topliss-reactive ketones (excluding diaryl/α,β-unsaturated/α-hetero) is 1. The average Bonchev–Trinajstić information content (AvgIpc) is 3.66. The van der Waals surface area contributed by atoms with Gasteiger partial charge >= 0.3 is 0 Å².